The van der Waals surface area contributed by atoms with E-state index in [-0.39, 0.29) is 22.3 Å². The second-order valence-corrected chi connectivity index (χ2v) is 22.0. The number of fused-ring (bicyclic) bond motifs is 2. The van der Waals surface area contributed by atoms with Gasteiger partial charge in [-0.1, -0.05) is 30.3 Å². The largest absolute Gasteiger partial charge is 0.467 e. The number of carbonyl (C=O) groups excluding carboxylic acids is 14. The van der Waals surface area contributed by atoms with E-state index in [0.717, 1.165) is 69.6 Å². The van der Waals surface area contributed by atoms with Gasteiger partial charge in [-0.25, -0.2) is 9.59 Å². The van der Waals surface area contributed by atoms with Gasteiger partial charge in [-0.15, -0.1) is 6.58 Å². The number of benzene rings is 2. The van der Waals surface area contributed by atoms with Crippen molar-refractivity contribution >= 4 is 83.3 Å². The molecule has 0 aromatic heterocycles. The van der Waals surface area contributed by atoms with Crippen molar-refractivity contribution in [1.82, 2.24) is 9.80 Å². The maximum absolute atomic E-state index is 15.0. The molecule has 0 spiro atoms. The van der Waals surface area contributed by atoms with E-state index in [2.05, 4.69) is 6.58 Å². The monoisotopic (exact) mass is 1360 g/mol. The Labute approximate surface area is 544 Å². The van der Waals surface area contributed by atoms with Gasteiger partial charge in [-0.2, -0.15) is 0 Å². The molecular weight excluding hydrogens is 1290 g/mol. The van der Waals surface area contributed by atoms with E-state index in [1.807, 2.05) is 0 Å². The van der Waals surface area contributed by atoms with Crippen LogP contribution in [0.4, 0.5) is 0 Å². The molecule has 6 aliphatic rings. The van der Waals surface area contributed by atoms with Gasteiger partial charge in [0, 0.05) is 55.4 Å². The highest BCUT2D eigenvalue weighted by Gasteiger charge is 2.64. The van der Waals surface area contributed by atoms with Crippen molar-refractivity contribution in [2.24, 2.45) is 0 Å². The summed E-state index contributed by atoms with van der Waals surface area (Å²) in [5.41, 5.74) is -0.801. The number of esters is 10. The Morgan fingerprint density at radius 1 is 0.427 bits per heavy atom. The first-order chi connectivity index (χ1) is 45.5. The molecule has 35 nitrogen and oxygen atoms in total. The van der Waals surface area contributed by atoms with Crippen molar-refractivity contribution in [3.8, 4) is 0 Å². The summed E-state index contributed by atoms with van der Waals surface area (Å²) >= 11 is 0. The minimum atomic E-state index is -2.35. The molecule has 6 aliphatic heterocycles. The van der Waals surface area contributed by atoms with Crippen LogP contribution in [-0.2, 0) is 133 Å². The van der Waals surface area contributed by atoms with Crippen LogP contribution in [0, 0.1) is 0 Å². The van der Waals surface area contributed by atoms with Crippen LogP contribution in [0.2, 0.25) is 0 Å². The zero-order valence-electron chi connectivity index (χ0n) is 53.0. The third-order valence-electron chi connectivity index (χ3n) is 15.3. The summed E-state index contributed by atoms with van der Waals surface area (Å²) in [5, 5.41) is 13.0. The van der Waals surface area contributed by atoms with Gasteiger partial charge >= 0.3 is 59.7 Å². The van der Waals surface area contributed by atoms with Crippen LogP contribution >= 0.6 is 0 Å². The lowest BCUT2D eigenvalue weighted by molar-refractivity contribution is -0.358. The lowest BCUT2D eigenvalue weighted by atomic mass is 9.93. The molecule has 8 rings (SSSR count). The second-order valence-electron chi connectivity index (χ2n) is 22.0. The normalized spacial score (nSPS) is 31.5. The summed E-state index contributed by atoms with van der Waals surface area (Å²) in [6.07, 6.45) is -36.8. The van der Waals surface area contributed by atoms with Crippen molar-refractivity contribution in [3.63, 3.8) is 0 Å². The van der Waals surface area contributed by atoms with Gasteiger partial charge in [-0.3, -0.25) is 67.3 Å². The molecule has 0 saturated carbocycles. The van der Waals surface area contributed by atoms with E-state index in [9.17, 15) is 72.2 Å². The number of aliphatic hydroxyl groups excluding tert-OH is 1. The van der Waals surface area contributed by atoms with Gasteiger partial charge in [-0.05, 0) is 24.3 Å². The van der Waals surface area contributed by atoms with Crippen molar-refractivity contribution in [2.75, 3.05) is 34.0 Å². The first kappa shape index (κ1) is 72.6. The number of hydrogen-bond donors (Lipinski definition) is 1. The van der Waals surface area contributed by atoms with Crippen LogP contribution in [0.5, 0.6) is 0 Å². The highest BCUT2D eigenvalue weighted by atomic mass is 16.8. The van der Waals surface area contributed by atoms with Gasteiger partial charge in [0.15, 0.2) is 80.1 Å². The highest BCUT2D eigenvalue weighted by Crippen LogP contribution is 2.42. The van der Waals surface area contributed by atoms with Gasteiger partial charge < -0.3 is 90.4 Å². The summed E-state index contributed by atoms with van der Waals surface area (Å²) < 4.78 is 105. The summed E-state index contributed by atoms with van der Waals surface area (Å²) in [6.45, 7) is 8.51. The fourth-order valence-electron chi connectivity index (χ4n) is 11.7. The van der Waals surface area contributed by atoms with Crippen LogP contribution in [0.1, 0.15) is 96.8 Å². The maximum atomic E-state index is 15.0. The fraction of sp³-hybridized carbons (Fsp3) is 0.541. The van der Waals surface area contributed by atoms with E-state index >= 15 is 0 Å². The zero-order valence-corrected chi connectivity index (χ0v) is 53.0. The molecule has 4 amide bonds. The maximum Gasteiger partial charge on any atom is 0.339 e. The average molecular weight is 1360 g/mol. The third-order valence-corrected chi connectivity index (χ3v) is 15.3. The number of aliphatic hydroxyl groups is 1. The molecule has 520 valence electrons. The van der Waals surface area contributed by atoms with Crippen molar-refractivity contribution in [3.05, 3.63) is 83.4 Å². The molecule has 4 saturated heterocycles. The van der Waals surface area contributed by atoms with Gasteiger partial charge in [0.05, 0.1) is 49.7 Å². The predicted octanol–water partition coefficient (Wildman–Crippen LogP) is -1.00. The second kappa shape index (κ2) is 31.1. The van der Waals surface area contributed by atoms with Gasteiger partial charge in [0.25, 0.3) is 23.6 Å². The Kier molecular flexibility index (Phi) is 23.5. The van der Waals surface area contributed by atoms with E-state index in [4.69, 9.17) is 85.3 Å². The summed E-state index contributed by atoms with van der Waals surface area (Å²) in [6, 6.07) is 6.64. The Morgan fingerprint density at radius 3 is 1.15 bits per heavy atom. The number of nitrogens with zero attached hydrogens (tertiary/aromatic N) is 2. The quantitative estimate of drug-likeness (QED) is 0.0603. The molecular formula is C61H68N2O33. The van der Waals surface area contributed by atoms with Crippen molar-refractivity contribution in [2.45, 2.75) is 178 Å². The lowest BCUT2D eigenvalue weighted by Gasteiger charge is -2.51. The average Bonchev–Trinajstić information content (AvgIpc) is 1.47. The number of ether oxygens (including phenoxy) is 18. The zero-order chi connectivity index (χ0) is 70.3. The summed E-state index contributed by atoms with van der Waals surface area (Å²) in [5.74, 6) is -15.6. The fourth-order valence-corrected chi connectivity index (χ4v) is 11.7. The molecule has 20 atom stereocenters. The van der Waals surface area contributed by atoms with Gasteiger partial charge in [0.2, 0.25) is 0 Å². The molecule has 4 fully saturated rings. The third kappa shape index (κ3) is 15.7. The standard InChI is InChI=1S/C61H68N2O33/c1-12-21-81-58-38(62-52(73)32-17-13-14-18-33(32)53(62)74)42(93-60-50(89-30(8)70)46(87-28(6)68)44(85-26(4)66)48(95-60)56(77)79-10)40(72)36(91-58)22-83-59-39(63-54(75)34-19-15-16-20-35(34)55(63)76)43(41(84-25(3)65)37(92-59)23-82-24(2)64)94-61-51(90-31(9)71)47(88-29(7)69)45(86-27(5)67)49(96-61)57(78)80-11/h12-20,36-51,58-61,72H,1,21-23H2,2-11H3/t36-,37-,38-,39-,40-,41-,42-,43-,44+,45+,46+,47+,48+,49+,50-,51-,58-,59-,60-,61-/m1/s1. The van der Waals surface area contributed by atoms with Gasteiger partial charge in [0.1, 0.15) is 49.2 Å². The molecule has 0 radical (unpaired) electrons. The Bertz CT molecular complexity index is 3320. The minimum Gasteiger partial charge on any atom is -0.467 e. The molecule has 6 heterocycles. The van der Waals surface area contributed by atoms with Crippen molar-refractivity contribution < 1.29 is 157 Å². The van der Waals surface area contributed by atoms with E-state index < -0.39 is 226 Å². The molecule has 1 N–H and O–H groups in total. The van der Waals surface area contributed by atoms with Crippen LogP contribution in [0.15, 0.2) is 61.2 Å². The van der Waals surface area contributed by atoms with Crippen LogP contribution in [0.3, 0.4) is 0 Å². The summed E-state index contributed by atoms with van der Waals surface area (Å²) in [4.78, 5) is 191. The van der Waals surface area contributed by atoms with E-state index in [1.54, 1.807) is 0 Å². The minimum absolute atomic E-state index is 0.161. The lowest BCUT2D eigenvalue weighted by Crippen LogP contribution is -2.71. The Morgan fingerprint density at radius 2 is 0.771 bits per heavy atom. The molecule has 2 aromatic rings. The SMILES string of the molecule is C=CCO[C@@H]1O[C@H](CO[C@@H]2O[C@H](COC(C)=O)[C@@H](OC(C)=O)[C@H](O[C@@H]3O[C@H](C(=O)OC)[C@@H](OC(C)=O)[C@H](OC(C)=O)[C@H]3OC(C)=O)[C@H]2N2C(=O)c3ccccc3C2=O)[C@@H](O)[C@H](O[C@@H]2O[C@H](C(=O)OC)[C@@H](OC(C)=O)[C@H](OC(C)=O)[C@H]2OC(C)=O)[C@H]1N1C(=O)c2ccccc2C1=O. The van der Waals surface area contributed by atoms with Crippen LogP contribution in [-0.4, -0.2) is 255 Å². The number of methoxy groups -OCH3 is 2. The highest BCUT2D eigenvalue weighted by molar-refractivity contribution is 6.22. The van der Waals surface area contributed by atoms with Crippen molar-refractivity contribution in [1.29, 1.82) is 0 Å². The topological polar surface area (TPSA) is 432 Å². The molecule has 0 bridgehead atoms. The molecule has 0 aliphatic carbocycles. The first-order valence-electron chi connectivity index (χ1n) is 29.4. The summed E-state index contributed by atoms with van der Waals surface area (Å²) in [7, 11) is 1.80. The number of imide groups is 2. The van der Waals surface area contributed by atoms with E-state index in [0.29, 0.717) is 9.80 Å². The van der Waals surface area contributed by atoms with Crippen LogP contribution in [0.25, 0.3) is 0 Å². The molecule has 35 heteroatoms. The van der Waals surface area contributed by atoms with E-state index in [1.165, 1.54) is 54.6 Å². The van der Waals surface area contributed by atoms with Crippen LogP contribution < -0.4 is 0 Å². The molecule has 2 aromatic carbocycles. The predicted molar refractivity (Wildman–Crippen MR) is 304 cm³/mol. The Balaban J connectivity index is 1.30. The first-order valence-corrected chi connectivity index (χ1v) is 29.4. The number of hydrogen-bond acceptors (Lipinski definition) is 33. The Hall–Kier alpha value is -9.20. The number of rotatable bonds is 23. The molecule has 96 heavy (non-hydrogen) atoms. The number of carbonyl (C=O) groups is 14. The smallest absolute Gasteiger partial charge is 0.339 e. The number of amides is 4. The molecule has 0 unspecified atom stereocenters.